The molecule has 2 heterocycles. The summed E-state index contributed by atoms with van der Waals surface area (Å²) in [4.78, 5) is 6.98. The average Bonchev–Trinajstić information content (AvgIpc) is 3.09. The van der Waals surface area contributed by atoms with Crippen molar-refractivity contribution >= 4 is 5.96 Å². The molecule has 132 valence electrons. The maximum absolute atomic E-state index is 5.94. The topological polar surface area (TPSA) is 62.9 Å². The number of hydrogen-bond acceptors (Lipinski definition) is 3. The molecule has 0 aromatic heterocycles. The van der Waals surface area contributed by atoms with E-state index in [-0.39, 0.29) is 6.10 Å². The van der Waals surface area contributed by atoms with E-state index in [2.05, 4.69) is 15.2 Å². The zero-order valence-corrected chi connectivity index (χ0v) is 14.6. The fraction of sp³-hybridized carbons (Fsp3) is 0.944. The lowest BCUT2D eigenvalue weighted by Crippen LogP contribution is -2.45. The van der Waals surface area contributed by atoms with Crippen LogP contribution in [0.15, 0.2) is 4.99 Å². The minimum absolute atomic E-state index is 0.282. The molecular weight excluding hydrogens is 288 g/mol. The first-order valence-corrected chi connectivity index (χ1v) is 9.64. The highest BCUT2D eigenvalue weighted by atomic mass is 16.5. The van der Waals surface area contributed by atoms with Gasteiger partial charge in [-0.15, -0.1) is 0 Å². The molecule has 3 rings (SSSR count). The van der Waals surface area contributed by atoms with Crippen LogP contribution in [0.5, 0.6) is 0 Å². The van der Waals surface area contributed by atoms with Gasteiger partial charge in [0.2, 0.25) is 0 Å². The lowest BCUT2D eigenvalue weighted by atomic mass is 9.68. The minimum atomic E-state index is 0.282. The first-order valence-electron chi connectivity index (χ1n) is 9.64. The maximum atomic E-state index is 5.94. The van der Waals surface area contributed by atoms with Crippen LogP contribution in [-0.4, -0.2) is 56.3 Å². The lowest BCUT2D eigenvalue weighted by Gasteiger charge is -2.44. The van der Waals surface area contributed by atoms with Crippen LogP contribution in [0.4, 0.5) is 0 Å². The highest BCUT2D eigenvalue weighted by Gasteiger charge is 2.35. The molecule has 0 aromatic rings. The van der Waals surface area contributed by atoms with Gasteiger partial charge in [0.15, 0.2) is 5.96 Å². The molecule has 1 aliphatic carbocycles. The molecule has 0 radical (unpaired) electrons. The van der Waals surface area contributed by atoms with Crippen molar-refractivity contribution in [3.05, 3.63) is 0 Å². The second kappa shape index (κ2) is 8.34. The molecule has 3 fully saturated rings. The van der Waals surface area contributed by atoms with Crippen molar-refractivity contribution in [2.75, 3.05) is 39.3 Å². The van der Waals surface area contributed by atoms with Gasteiger partial charge in [-0.1, -0.05) is 19.3 Å². The van der Waals surface area contributed by atoms with Crippen molar-refractivity contribution in [2.45, 2.75) is 63.9 Å². The summed E-state index contributed by atoms with van der Waals surface area (Å²) in [5.74, 6) is 0.571. The summed E-state index contributed by atoms with van der Waals surface area (Å²) in [6.45, 7) is 6.07. The van der Waals surface area contributed by atoms with Gasteiger partial charge in [-0.3, -0.25) is 4.99 Å². The molecule has 2 aliphatic heterocycles. The van der Waals surface area contributed by atoms with Gasteiger partial charge >= 0.3 is 0 Å². The van der Waals surface area contributed by atoms with E-state index in [1.165, 1.54) is 58.0 Å². The zero-order chi connectivity index (χ0) is 16.0. The number of guanidine groups is 1. The van der Waals surface area contributed by atoms with Gasteiger partial charge < -0.3 is 20.7 Å². The normalized spacial score (nSPS) is 29.0. The molecule has 5 nitrogen and oxygen atoms in total. The van der Waals surface area contributed by atoms with E-state index in [4.69, 9.17) is 10.5 Å². The van der Waals surface area contributed by atoms with Crippen molar-refractivity contribution in [1.82, 2.24) is 10.2 Å². The van der Waals surface area contributed by atoms with Crippen molar-refractivity contribution < 1.29 is 4.74 Å². The Hall–Kier alpha value is -0.810. The summed E-state index contributed by atoms with van der Waals surface area (Å²) in [5.41, 5.74) is 6.64. The molecule has 0 bridgehead atoms. The van der Waals surface area contributed by atoms with E-state index in [0.717, 1.165) is 32.5 Å². The van der Waals surface area contributed by atoms with Crippen molar-refractivity contribution in [3.8, 4) is 0 Å². The summed E-state index contributed by atoms with van der Waals surface area (Å²) in [7, 11) is 0. The van der Waals surface area contributed by atoms with E-state index < -0.39 is 0 Å². The first-order chi connectivity index (χ1) is 11.3. The maximum Gasteiger partial charge on any atom is 0.188 e. The number of nitrogens with one attached hydrogen (secondary N) is 1. The third kappa shape index (κ3) is 5.08. The van der Waals surface area contributed by atoms with Crippen LogP contribution in [0.25, 0.3) is 0 Å². The molecule has 1 atom stereocenters. The van der Waals surface area contributed by atoms with Crippen molar-refractivity contribution in [3.63, 3.8) is 0 Å². The Balaban J connectivity index is 1.29. The van der Waals surface area contributed by atoms with Gasteiger partial charge in [-0.05, 0) is 57.0 Å². The van der Waals surface area contributed by atoms with Crippen LogP contribution < -0.4 is 11.1 Å². The Kier molecular flexibility index (Phi) is 6.17. The lowest BCUT2D eigenvalue weighted by molar-refractivity contribution is 0.0689. The minimum Gasteiger partial charge on any atom is -0.376 e. The fourth-order valence-corrected chi connectivity index (χ4v) is 4.44. The Bertz CT molecular complexity index is 376. The summed E-state index contributed by atoms with van der Waals surface area (Å²) >= 11 is 0. The van der Waals surface area contributed by atoms with Crippen molar-refractivity contribution in [2.24, 2.45) is 16.1 Å². The highest BCUT2D eigenvalue weighted by Crippen LogP contribution is 2.44. The zero-order valence-electron chi connectivity index (χ0n) is 14.6. The third-order valence-electron chi connectivity index (χ3n) is 6.05. The molecule has 23 heavy (non-hydrogen) atoms. The van der Waals surface area contributed by atoms with Gasteiger partial charge in [0.25, 0.3) is 0 Å². The van der Waals surface area contributed by atoms with E-state index in [1.807, 2.05) is 0 Å². The standard InChI is InChI=1S/C18H34N4O/c19-17(21-15-16-5-4-14-23-16)20-10-13-22-11-8-18(9-12-22)6-2-1-3-7-18/h16H,1-15H2,(H3,19,20,21). The molecule has 1 saturated carbocycles. The first kappa shape index (κ1) is 17.0. The number of rotatable bonds is 5. The number of likely N-dealkylation sites (tertiary alicyclic amines) is 1. The number of hydrogen-bond donors (Lipinski definition) is 2. The summed E-state index contributed by atoms with van der Waals surface area (Å²) in [6.07, 6.45) is 12.7. The second-order valence-electron chi connectivity index (χ2n) is 7.69. The van der Waals surface area contributed by atoms with Crippen LogP contribution in [0.1, 0.15) is 57.8 Å². The molecule has 3 aliphatic rings. The second-order valence-corrected chi connectivity index (χ2v) is 7.69. The quantitative estimate of drug-likeness (QED) is 0.601. The highest BCUT2D eigenvalue weighted by molar-refractivity contribution is 5.77. The van der Waals surface area contributed by atoms with Crippen LogP contribution in [0.2, 0.25) is 0 Å². The Morgan fingerprint density at radius 3 is 2.61 bits per heavy atom. The molecule has 0 aromatic carbocycles. The predicted molar refractivity (Wildman–Crippen MR) is 94.7 cm³/mol. The Morgan fingerprint density at radius 1 is 1.13 bits per heavy atom. The van der Waals surface area contributed by atoms with Crippen LogP contribution in [0.3, 0.4) is 0 Å². The SMILES string of the molecule is NC(=NCC1CCCO1)NCCN1CCC2(CCCCC2)CC1. The Labute approximate surface area is 141 Å². The molecular formula is C18H34N4O. The molecule has 3 N–H and O–H groups in total. The van der Waals surface area contributed by atoms with E-state index in [0.29, 0.717) is 17.9 Å². The third-order valence-corrected chi connectivity index (χ3v) is 6.05. The summed E-state index contributed by atoms with van der Waals surface area (Å²) in [6, 6.07) is 0. The van der Waals surface area contributed by atoms with Crippen LogP contribution in [0, 0.1) is 5.41 Å². The number of nitrogens with zero attached hydrogens (tertiary/aromatic N) is 2. The van der Waals surface area contributed by atoms with Crippen LogP contribution in [-0.2, 0) is 4.74 Å². The van der Waals surface area contributed by atoms with Gasteiger partial charge in [0.1, 0.15) is 0 Å². The van der Waals surface area contributed by atoms with Gasteiger partial charge in [-0.25, -0.2) is 0 Å². The molecule has 2 saturated heterocycles. The van der Waals surface area contributed by atoms with E-state index in [9.17, 15) is 0 Å². The van der Waals surface area contributed by atoms with E-state index >= 15 is 0 Å². The van der Waals surface area contributed by atoms with Crippen molar-refractivity contribution in [1.29, 1.82) is 0 Å². The molecule has 1 unspecified atom stereocenters. The Morgan fingerprint density at radius 2 is 1.91 bits per heavy atom. The van der Waals surface area contributed by atoms with Gasteiger partial charge in [0, 0.05) is 19.7 Å². The monoisotopic (exact) mass is 322 g/mol. The van der Waals surface area contributed by atoms with E-state index in [1.54, 1.807) is 0 Å². The summed E-state index contributed by atoms with van der Waals surface area (Å²) in [5, 5.41) is 3.26. The van der Waals surface area contributed by atoms with Gasteiger partial charge in [-0.2, -0.15) is 0 Å². The summed E-state index contributed by atoms with van der Waals surface area (Å²) < 4.78 is 5.56. The molecule has 5 heteroatoms. The predicted octanol–water partition coefficient (Wildman–Crippen LogP) is 2.12. The largest absolute Gasteiger partial charge is 0.376 e. The number of ether oxygens (including phenoxy) is 1. The molecule has 1 spiro atoms. The molecule has 0 amide bonds. The fourth-order valence-electron chi connectivity index (χ4n) is 4.44. The van der Waals surface area contributed by atoms with Gasteiger partial charge in [0.05, 0.1) is 12.6 Å². The number of nitrogens with two attached hydrogens (primary N) is 1. The van der Waals surface area contributed by atoms with Crippen LogP contribution >= 0.6 is 0 Å². The average molecular weight is 322 g/mol. The number of piperidine rings is 1. The smallest absolute Gasteiger partial charge is 0.188 e. The number of aliphatic imine (C=N–C) groups is 1.